The molecule has 19 heavy (non-hydrogen) atoms. The fourth-order valence-electron chi connectivity index (χ4n) is 3.06. The minimum atomic E-state index is 0.218. The van der Waals surface area contributed by atoms with Gasteiger partial charge >= 0.3 is 0 Å². The molecule has 0 bridgehead atoms. The van der Waals surface area contributed by atoms with Crippen LogP contribution in [0.4, 0.5) is 0 Å². The van der Waals surface area contributed by atoms with Gasteiger partial charge in [0.1, 0.15) is 0 Å². The van der Waals surface area contributed by atoms with Crippen LogP contribution < -0.4 is 5.73 Å². The fraction of sp³-hybridized carbons (Fsp3) is 0.929. The van der Waals surface area contributed by atoms with Crippen molar-refractivity contribution in [1.29, 1.82) is 0 Å². The van der Waals surface area contributed by atoms with E-state index in [0.717, 1.165) is 71.6 Å². The third-order valence-electron chi connectivity index (χ3n) is 4.35. The zero-order valence-corrected chi connectivity index (χ0v) is 12.2. The van der Waals surface area contributed by atoms with E-state index in [2.05, 4.69) is 21.7 Å². The number of likely N-dealkylation sites (N-methyl/N-ethyl adjacent to an activating group) is 1. The maximum atomic E-state index is 12.5. The van der Waals surface area contributed by atoms with Crippen molar-refractivity contribution in [3.63, 3.8) is 0 Å². The van der Waals surface area contributed by atoms with E-state index in [4.69, 9.17) is 5.73 Å². The van der Waals surface area contributed by atoms with Crippen molar-refractivity contribution in [2.75, 3.05) is 59.4 Å². The smallest absolute Gasteiger partial charge is 0.227 e. The van der Waals surface area contributed by atoms with Gasteiger partial charge in [-0.15, -0.1) is 0 Å². The lowest BCUT2D eigenvalue weighted by Gasteiger charge is -2.38. The summed E-state index contributed by atoms with van der Waals surface area (Å²) in [6, 6.07) is 0. The van der Waals surface area contributed by atoms with E-state index >= 15 is 0 Å². The number of nitrogens with zero attached hydrogens (tertiary/aromatic N) is 3. The summed E-state index contributed by atoms with van der Waals surface area (Å²) in [5.41, 5.74) is 5.56. The number of amides is 1. The summed E-state index contributed by atoms with van der Waals surface area (Å²) < 4.78 is 0. The minimum absolute atomic E-state index is 0.218. The Morgan fingerprint density at radius 1 is 1.21 bits per heavy atom. The first-order chi connectivity index (χ1) is 9.20. The van der Waals surface area contributed by atoms with Crippen LogP contribution in [-0.2, 0) is 4.79 Å². The van der Waals surface area contributed by atoms with Gasteiger partial charge in [0.25, 0.3) is 0 Å². The molecular formula is C14H28N4O. The molecule has 0 saturated carbocycles. The van der Waals surface area contributed by atoms with Crippen LogP contribution in [0.5, 0.6) is 0 Å². The van der Waals surface area contributed by atoms with Crippen molar-refractivity contribution in [3.8, 4) is 0 Å². The molecule has 1 unspecified atom stereocenters. The largest absolute Gasteiger partial charge is 0.340 e. The molecule has 0 aromatic carbocycles. The van der Waals surface area contributed by atoms with E-state index in [1.165, 1.54) is 0 Å². The Morgan fingerprint density at radius 3 is 2.63 bits per heavy atom. The van der Waals surface area contributed by atoms with Crippen LogP contribution in [0.1, 0.15) is 19.3 Å². The molecule has 0 aromatic heterocycles. The Morgan fingerprint density at radius 2 is 1.95 bits per heavy atom. The molecule has 5 nitrogen and oxygen atoms in total. The second-order valence-electron chi connectivity index (χ2n) is 5.91. The van der Waals surface area contributed by atoms with Crippen molar-refractivity contribution < 1.29 is 4.79 Å². The highest BCUT2D eigenvalue weighted by atomic mass is 16.2. The topological polar surface area (TPSA) is 52.8 Å². The van der Waals surface area contributed by atoms with E-state index in [1.807, 2.05) is 0 Å². The number of carbonyl (C=O) groups is 1. The first kappa shape index (κ1) is 14.8. The minimum Gasteiger partial charge on any atom is -0.340 e. The predicted octanol–water partition coefficient (Wildman–Crippen LogP) is -0.179. The van der Waals surface area contributed by atoms with Crippen LogP contribution in [0.3, 0.4) is 0 Å². The van der Waals surface area contributed by atoms with Gasteiger partial charge in [-0.05, 0) is 45.9 Å². The lowest BCUT2D eigenvalue weighted by molar-refractivity contribution is -0.139. The van der Waals surface area contributed by atoms with E-state index in [1.54, 1.807) is 0 Å². The number of carbonyl (C=O) groups excluding carboxylic acids is 1. The predicted molar refractivity (Wildman–Crippen MR) is 76.9 cm³/mol. The summed E-state index contributed by atoms with van der Waals surface area (Å²) in [6.45, 7) is 7.67. The molecule has 1 amide bonds. The van der Waals surface area contributed by atoms with Crippen molar-refractivity contribution in [1.82, 2.24) is 14.7 Å². The Hall–Kier alpha value is -0.650. The SMILES string of the molecule is CN1CCN(C(=O)C2CCCN(CCCN)C2)CC1. The van der Waals surface area contributed by atoms with Gasteiger partial charge in [0.05, 0.1) is 5.92 Å². The maximum absolute atomic E-state index is 12.5. The standard InChI is InChI=1S/C14H28N4O/c1-16-8-10-18(11-9-16)14(19)13-4-2-6-17(12-13)7-3-5-15/h13H,2-12,15H2,1H3. The number of piperidine rings is 1. The van der Waals surface area contributed by atoms with Gasteiger partial charge < -0.3 is 20.4 Å². The van der Waals surface area contributed by atoms with E-state index < -0.39 is 0 Å². The van der Waals surface area contributed by atoms with Crippen LogP contribution >= 0.6 is 0 Å². The Balaban J connectivity index is 1.81. The first-order valence-electron chi connectivity index (χ1n) is 7.60. The number of likely N-dealkylation sites (tertiary alicyclic amines) is 1. The number of piperazine rings is 1. The molecule has 2 fully saturated rings. The van der Waals surface area contributed by atoms with Gasteiger partial charge in [-0.3, -0.25) is 4.79 Å². The van der Waals surface area contributed by atoms with Crippen LogP contribution in [0.25, 0.3) is 0 Å². The van der Waals surface area contributed by atoms with Crippen molar-refractivity contribution >= 4 is 5.91 Å². The summed E-state index contributed by atoms with van der Waals surface area (Å²) >= 11 is 0. The molecule has 0 aliphatic carbocycles. The normalized spacial score (nSPS) is 26.6. The molecule has 2 saturated heterocycles. The molecule has 2 heterocycles. The van der Waals surface area contributed by atoms with Gasteiger partial charge in [-0.25, -0.2) is 0 Å². The first-order valence-corrected chi connectivity index (χ1v) is 7.60. The second kappa shape index (κ2) is 7.22. The summed E-state index contributed by atoms with van der Waals surface area (Å²) in [5, 5.41) is 0. The second-order valence-corrected chi connectivity index (χ2v) is 5.91. The lowest BCUT2D eigenvalue weighted by Crippen LogP contribution is -2.51. The number of hydrogen-bond acceptors (Lipinski definition) is 4. The Kier molecular flexibility index (Phi) is 5.60. The number of rotatable bonds is 4. The molecule has 5 heteroatoms. The quantitative estimate of drug-likeness (QED) is 0.768. The van der Waals surface area contributed by atoms with Crippen molar-refractivity contribution in [2.45, 2.75) is 19.3 Å². The van der Waals surface area contributed by atoms with Crippen LogP contribution in [0.2, 0.25) is 0 Å². The van der Waals surface area contributed by atoms with E-state index in [9.17, 15) is 4.79 Å². The number of nitrogens with two attached hydrogens (primary N) is 1. The summed E-state index contributed by atoms with van der Waals surface area (Å²) in [6.07, 6.45) is 3.24. The monoisotopic (exact) mass is 268 g/mol. The molecule has 110 valence electrons. The van der Waals surface area contributed by atoms with Gasteiger partial charge in [0, 0.05) is 32.7 Å². The molecule has 2 rings (SSSR count). The summed E-state index contributed by atoms with van der Waals surface area (Å²) in [5.74, 6) is 0.598. The highest BCUT2D eigenvalue weighted by Gasteiger charge is 2.30. The summed E-state index contributed by atoms with van der Waals surface area (Å²) in [7, 11) is 2.12. The van der Waals surface area contributed by atoms with Crippen molar-refractivity contribution in [3.05, 3.63) is 0 Å². The average molecular weight is 268 g/mol. The third-order valence-corrected chi connectivity index (χ3v) is 4.35. The Bertz CT molecular complexity index is 289. The van der Waals surface area contributed by atoms with Crippen LogP contribution in [0.15, 0.2) is 0 Å². The zero-order chi connectivity index (χ0) is 13.7. The lowest BCUT2D eigenvalue weighted by atomic mass is 9.96. The molecule has 0 spiro atoms. The molecule has 2 aliphatic rings. The zero-order valence-electron chi connectivity index (χ0n) is 12.2. The Labute approximate surface area is 116 Å². The number of hydrogen-bond donors (Lipinski definition) is 1. The molecule has 0 radical (unpaired) electrons. The van der Waals surface area contributed by atoms with Crippen LogP contribution in [-0.4, -0.2) is 80.0 Å². The molecule has 2 aliphatic heterocycles. The van der Waals surface area contributed by atoms with E-state index in [0.29, 0.717) is 5.91 Å². The van der Waals surface area contributed by atoms with E-state index in [-0.39, 0.29) is 5.92 Å². The molecule has 1 atom stereocenters. The molecule has 0 aromatic rings. The third kappa shape index (κ3) is 4.16. The van der Waals surface area contributed by atoms with Gasteiger partial charge in [-0.1, -0.05) is 0 Å². The van der Waals surface area contributed by atoms with Gasteiger partial charge in [-0.2, -0.15) is 0 Å². The maximum Gasteiger partial charge on any atom is 0.227 e. The highest BCUT2D eigenvalue weighted by molar-refractivity contribution is 5.79. The molecule has 2 N–H and O–H groups in total. The van der Waals surface area contributed by atoms with Gasteiger partial charge in [0.15, 0.2) is 0 Å². The van der Waals surface area contributed by atoms with Crippen molar-refractivity contribution in [2.24, 2.45) is 11.7 Å². The molecular weight excluding hydrogens is 240 g/mol. The van der Waals surface area contributed by atoms with Crippen LogP contribution in [0, 0.1) is 5.92 Å². The van der Waals surface area contributed by atoms with Gasteiger partial charge in [0.2, 0.25) is 5.91 Å². The fourth-order valence-corrected chi connectivity index (χ4v) is 3.06. The summed E-state index contributed by atoms with van der Waals surface area (Å²) in [4.78, 5) is 19.3. The average Bonchev–Trinajstić information content (AvgIpc) is 2.45. The highest BCUT2D eigenvalue weighted by Crippen LogP contribution is 2.19.